The van der Waals surface area contributed by atoms with Crippen LogP contribution in [-0.2, 0) is 0 Å². The average Bonchev–Trinajstić information content (AvgIpc) is 3.33. The Morgan fingerprint density at radius 3 is 1.55 bits per heavy atom. The van der Waals surface area contributed by atoms with Crippen molar-refractivity contribution in [2.45, 2.75) is 0 Å². The third kappa shape index (κ3) is 3.23. The monoisotopic (exact) mass is 452 g/mol. The van der Waals surface area contributed by atoms with Crippen LogP contribution >= 0.6 is 22.7 Å². The Balaban J connectivity index is 1.53. The van der Waals surface area contributed by atoms with E-state index < -0.39 is 0 Å². The van der Waals surface area contributed by atoms with E-state index in [2.05, 4.69) is 71.4 Å². The molecule has 22 heavy (non-hydrogen) atoms. The fourth-order valence-electron chi connectivity index (χ4n) is 2.15. The molecule has 0 spiro atoms. The number of thiophene rings is 2. The maximum absolute atomic E-state index is 2.32. The van der Waals surface area contributed by atoms with E-state index in [0.717, 1.165) is 0 Å². The molecular weight excluding hydrogens is 438 g/mol. The molecule has 0 fully saturated rings. The van der Waals surface area contributed by atoms with Gasteiger partial charge in [0.25, 0.3) is 0 Å². The standard InChI is InChI=1S/C18H12S2Se2/c1-3-15(19-11-1)17-9-7-13(21-17)5-6-14-8-10-18(22-14)16-4-2-12-20-16/h1-12H. The molecule has 0 unspecified atom stereocenters. The molecule has 4 aromatic rings. The number of hydrogen-bond acceptors (Lipinski definition) is 2. The first-order chi connectivity index (χ1) is 10.9. The summed E-state index contributed by atoms with van der Waals surface area (Å²) in [7, 11) is 0. The van der Waals surface area contributed by atoms with Crippen LogP contribution in [-0.4, -0.2) is 29.0 Å². The van der Waals surface area contributed by atoms with Crippen LogP contribution < -0.4 is 0 Å². The maximum atomic E-state index is 2.32. The van der Waals surface area contributed by atoms with Crippen molar-refractivity contribution in [3.8, 4) is 18.6 Å². The summed E-state index contributed by atoms with van der Waals surface area (Å²) in [5.41, 5.74) is 0. The van der Waals surface area contributed by atoms with Gasteiger partial charge in [0.05, 0.1) is 0 Å². The molecule has 0 aliphatic rings. The number of hydrogen-bond donors (Lipinski definition) is 0. The zero-order valence-corrected chi connectivity index (χ0v) is 16.6. The summed E-state index contributed by atoms with van der Waals surface area (Å²) in [4.78, 5) is 2.84. The van der Waals surface area contributed by atoms with Crippen LogP contribution in [0.4, 0.5) is 0 Å². The topological polar surface area (TPSA) is 0 Å². The fraction of sp³-hybridized carbons (Fsp3) is 0. The Kier molecular flexibility index (Phi) is 4.49. The Labute approximate surface area is 149 Å². The van der Waals surface area contributed by atoms with Crippen molar-refractivity contribution in [1.82, 2.24) is 0 Å². The first-order valence-electron chi connectivity index (χ1n) is 6.84. The van der Waals surface area contributed by atoms with Crippen LogP contribution in [0, 0.1) is 0 Å². The molecule has 0 aliphatic carbocycles. The van der Waals surface area contributed by atoms with E-state index in [1.165, 1.54) is 27.5 Å². The van der Waals surface area contributed by atoms with E-state index in [-0.39, 0.29) is 0 Å². The molecule has 0 saturated carbocycles. The van der Waals surface area contributed by atoms with Crippen LogP contribution in [0.25, 0.3) is 30.8 Å². The summed E-state index contributed by atoms with van der Waals surface area (Å²) >= 11 is 4.59. The second-order valence-electron chi connectivity index (χ2n) is 4.69. The molecule has 0 nitrogen and oxygen atoms in total. The van der Waals surface area contributed by atoms with Crippen LogP contribution in [0.3, 0.4) is 0 Å². The predicted molar refractivity (Wildman–Crippen MR) is 102 cm³/mol. The average molecular weight is 450 g/mol. The van der Waals surface area contributed by atoms with Crippen LogP contribution in [0.2, 0.25) is 0 Å². The number of rotatable bonds is 4. The van der Waals surface area contributed by atoms with E-state index in [4.69, 9.17) is 0 Å². The Hall–Kier alpha value is -0.861. The zero-order valence-electron chi connectivity index (χ0n) is 11.6. The molecule has 4 aromatic heterocycles. The molecule has 0 aliphatic heterocycles. The molecule has 108 valence electrons. The predicted octanol–water partition coefficient (Wildman–Crippen LogP) is 5.43. The van der Waals surface area contributed by atoms with Gasteiger partial charge in [0, 0.05) is 0 Å². The van der Waals surface area contributed by atoms with Crippen molar-refractivity contribution in [2.75, 3.05) is 0 Å². The van der Waals surface area contributed by atoms with Crippen molar-refractivity contribution in [1.29, 1.82) is 0 Å². The molecule has 4 heterocycles. The molecule has 0 amide bonds. The van der Waals surface area contributed by atoms with Crippen molar-refractivity contribution in [3.05, 3.63) is 68.2 Å². The van der Waals surface area contributed by atoms with Gasteiger partial charge in [-0.05, 0) is 0 Å². The SMILES string of the molecule is C(=Cc1ccc(-c2cccs2)[se]1)c1ccc(-c2cccs2)[se]1. The Bertz CT molecular complexity index is 803. The molecule has 0 atom stereocenters. The van der Waals surface area contributed by atoms with E-state index in [1.54, 1.807) is 0 Å². The van der Waals surface area contributed by atoms with Gasteiger partial charge in [-0.1, -0.05) is 0 Å². The van der Waals surface area contributed by atoms with Gasteiger partial charge >= 0.3 is 151 Å². The Morgan fingerprint density at radius 2 is 1.14 bits per heavy atom. The van der Waals surface area contributed by atoms with Gasteiger partial charge in [-0.15, -0.1) is 0 Å². The van der Waals surface area contributed by atoms with Crippen molar-refractivity contribution < 1.29 is 0 Å². The molecule has 0 N–H and O–H groups in total. The van der Waals surface area contributed by atoms with Gasteiger partial charge < -0.3 is 0 Å². The van der Waals surface area contributed by atoms with Crippen LogP contribution in [0.15, 0.2) is 59.3 Å². The third-order valence-electron chi connectivity index (χ3n) is 3.19. The summed E-state index contributed by atoms with van der Waals surface area (Å²) in [5, 5.41) is 4.31. The molecule has 4 heteroatoms. The van der Waals surface area contributed by atoms with Gasteiger partial charge in [0.2, 0.25) is 0 Å². The summed E-state index contributed by atoms with van der Waals surface area (Å²) in [6, 6.07) is 17.8. The van der Waals surface area contributed by atoms with E-state index in [1.807, 2.05) is 22.7 Å². The van der Waals surface area contributed by atoms with E-state index in [0.29, 0.717) is 29.0 Å². The fourth-order valence-corrected chi connectivity index (χ4v) is 7.97. The van der Waals surface area contributed by atoms with Gasteiger partial charge in [0.15, 0.2) is 0 Å². The molecule has 0 bridgehead atoms. The first kappa shape index (κ1) is 14.7. The van der Waals surface area contributed by atoms with Gasteiger partial charge in [-0.3, -0.25) is 0 Å². The molecule has 0 radical (unpaired) electrons. The van der Waals surface area contributed by atoms with Gasteiger partial charge in [0.1, 0.15) is 0 Å². The van der Waals surface area contributed by atoms with Crippen LogP contribution in [0.5, 0.6) is 0 Å². The third-order valence-corrected chi connectivity index (χ3v) is 10.1. The summed E-state index contributed by atoms with van der Waals surface area (Å²) < 4.78 is 5.95. The van der Waals surface area contributed by atoms with Crippen LogP contribution in [0.1, 0.15) is 8.87 Å². The van der Waals surface area contributed by atoms with Crippen molar-refractivity contribution >= 4 is 63.8 Å². The van der Waals surface area contributed by atoms with E-state index >= 15 is 0 Å². The summed E-state index contributed by atoms with van der Waals surface area (Å²) in [6.45, 7) is 0. The minimum absolute atomic E-state index is 0.456. The summed E-state index contributed by atoms with van der Waals surface area (Å²) in [6.07, 6.45) is 4.63. The van der Waals surface area contributed by atoms with Crippen molar-refractivity contribution in [3.63, 3.8) is 0 Å². The van der Waals surface area contributed by atoms with Gasteiger partial charge in [-0.2, -0.15) is 0 Å². The normalized spacial score (nSPS) is 11.5. The van der Waals surface area contributed by atoms with E-state index in [9.17, 15) is 0 Å². The molecule has 0 saturated heterocycles. The molecular formula is C18H12S2Se2. The molecule has 4 rings (SSSR count). The minimum atomic E-state index is 0.456. The quantitative estimate of drug-likeness (QED) is 0.364. The van der Waals surface area contributed by atoms with Gasteiger partial charge in [-0.25, -0.2) is 0 Å². The second-order valence-corrected chi connectivity index (χ2v) is 11.3. The van der Waals surface area contributed by atoms with Crippen molar-refractivity contribution in [2.24, 2.45) is 0 Å². The summed E-state index contributed by atoms with van der Waals surface area (Å²) in [5.74, 6) is 0. The zero-order chi connectivity index (χ0) is 14.8. The second kappa shape index (κ2) is 6.72. The Morgan fingerprint density at radius 1 is 0.636 bits per heavy atom. The molecule has 0 aromatic carbocycles. The first-order valence-corrected chi connectivity index (χ1v) is 12.0.